The number of rotatable bonds is 1. The van der Waals surface area contributed by atoms with Crippen LogP contribution in [0.15, 0.2) is 52.3 Å². The number of anilines is 1. The Labute approximate surface area is 120 Å². The highest BCUT2D eigenvalue weighted by atomic mass is 32.2. The molecular weight excluding hydrogens is 289 g/mol. The van der Waals surface area contributed by atoms with Crippen molar-refractivity contribution in [3.8, 4) is 0 Å². The minimum absolute atomic E-state index is 0.338. The Morgan fingerprint density at radius 3 is 2.35 bits per heavy atom. The molecule has 1 atom stereocenters. The first kappa shape index (κ1) is 13.6. The quantitative estimate of drug-likeness (QED) is 0.649. The topological polar surface area (TPSA) is 60.2 Å². The summed E-state index contributed by atoms with van der Waals surface area (Å²) in [5.41, 5.74) is 7.02. The monoisotopic (exact) mass is 305 g/mol. The summed E-state index contributed by atoms with van der Waals surface area (Å²) in [7, 11) is -4.20. The highest BCUT2D eigenvalue weighted by Crippen LogP contribution is 2.48. The lowest BCUT2D eigenvalue weighted by Crippen LogP contribution is -2.33. The molecule has 0 aliphatic carbocycles. The third-order valence-corrected chi connectivity index (χ3v) is 8.57. The molecule has 5 heteroatoms. The minimum atomic E-state index is -3.45. The molecule has 0 fully saturated rings. The van der Waals surface area contributed by atoms with Crippen molar-refractivity contribution in [2.24, 2.45) is 0 Å². The van der Waals surface area contributed by atoms with E-state index in [0.717, 1.165) is 10.6 Å². The average Bonchev–Trinajstić information content (AvgIpc) is 2.40. The zero-order chi connectivity index (χ0) is 14.5. The van der Waals surface area contributed by atoms with Gasteiger partial charge in [-0.05, 0) is 37.1 Å². The molecule has 0 saturated carbocycles. The van der Waals surface area contributed by atoms with Crippen LogP contribution in [0.1, 0.15) is 13.8 Å². The predicted octanol–water partition coefficient (Wildman–Crippen LogP) is 2.26. The number of fused-ring (bicyclic) bond motifs is 2. The largest absolute Gasteiger partial charge is 0.398 e. The van der Waals surface area contributed by atoms with Gasteiger partial charge in [0.25, 0.3) is 0 Å². The maximum atomic E-state index is 12.8. The van der Waals surface area contributed by atoms with Crippen molar-refractivity contribution in [3.05, 3.63) is 42.5 Å². The van der Waals surface area contributed by atoms with Gasteiger partial charge >= 0.3 is 0 Å². The van der Waals surface area contributed by atoms with Gasteiger partial charge in [-0.2, -0.15) is 0 Å². The zero-order valence-electron chi connectivity index (χ0n) is 11.4. The average molecular weight is 305 g/mol. The van der Waals surface area contributed by atoms with Gasteiger partial charge in [-0.1, -0.05) is 38.1 Å². The van der Waals surface area contributed by atoms with Gasteiger partial charge in [-0.25, -0.2) is 8.42 Å². The van der Waals surface area contributed by atoms with Crippen molar-refractivity contribution in [1.29, 1.82) is 0 Å². The predicted molar refractivity (Wildman–Crippen MR) is 84.1 cm³/mol. The summed E-state index contributed by atoms with van der Waals surface area (Å²) in [5.74, 6) is 0. The molecule has 3 nitrogen and oxygen atoms in total. The smallest absolute Gasteiger partial charge is 0.207 e. The summed E-state index contributed by atoms with van der Waals surface area (Å²) in [6, 6.07) is 12.5. The second-order valence-corrected chi connectivity index (χ2v) is 9.72. The van der Waals surface area contributed by atoms with Crippen LogP contribution >= 0.6 is 7.92 Å². The number of hydrogen-bond acceptors (Lipinski definition) is 3. The maximum Gasteiger partial charge on any atom is 0.207 e. The van der Waals surface area contributed by atoms with Crippen LogP contribution in [0.2, 0.25) is 0 Å². The van der Waals surface area contributed by atoms with Gasteiger partial charge in [0.1, 0.15) is 0 Å². The third-order valence-electron chi connectivity index (χ3n) is 3.49. The van der Waals surface area contributed by atoms with Gasteiger partial charge in [-0.15, -0.1) is 0 Å². The molecule has 0 saturated heterocycles. The summed E-state index contributed by atoms with van der Waals surface area (Å²) in [6.07, 6.45) is 0. The summed E-state index contributed by atoms with van der Waals surface area (Å²) in [5, 5.41) is 1.74. The van der Waals surface area contributed by atoms with Crippen molar-refractivity contribution in [2.75, 3.05) is 5.73 Å². The Kier molecular flexibility index (Phi) is 3.11. The molecule has 0 bridgehead atoms. The molecule has 0 aromatic heterocycles. The van der Waals surface area contributed by atoms with E-state index in [9.17, 15) is 8.42 Å². The first-order chi connectivity index (χ1) is 9.44. The third kappa shape index (κ3) is 1.79. The van der Waals surface area contributed by atoms with Crippen LogP contribution in [0.5, 0.6) is 0 Å². The fourth-order valence-electron chi connectivity index (χ4n) is 2.67. The molecule has 0 amide bonds. The SMILES string of the molecule is CC(C)P1c2ccccc2S(=O)(=O)c2cccc(N)c21. The van der Waals surface area contributed by atoms with E-state index in [2.05, 4.69) is 13.8 Å². The number of nitrogen functional groups attached to an aromatic ring is 1. The maximum absolute atomic E-state index is 12.8. The summed E-state index contributed by atoms with van der Waals surface area (Å²) >= 11 is 0. The van der Waals surface area contributed by atoms with Crippen molar-refractivity contribution in [1.82, 2.24) is 0 Å². The highest BCUT2D eigenvalue weighted by molar-refractivity contribution is 7.94. The van der Waals surface area contributed by atoms with Crippen molar-refractivity contribution < 1.29 is 8.42 Å². The van der Waals surface area contributed by atoms with E-state index in [0.29, 0.717) is 21.1 Å². The number of hydrogen-bond donors (Lipinski definition) is 1. The molecule has 104 valence electrons. The van der Waals surface area contributed by atoms with E-state index in [1.807, 2.05) is 12.1 Å². The Balaban J connectivity index is 2.45. The lowest BCUT2D eigenvalue weighted by atomic mass is 10.3. The van der Waals surface area contributed by atoms with Crippen LogP contribution in [-0.4, -0.2) is 14.1 Å². The molecule has 1 heterocycles. The van der Waals surface area contributed by atoms with E-state index in [1.165, 1.54) is 0 Å². The summed E-state index contributed by atoms with van der Waals surface area (Å²) in [6.45, 7) is 4.24. The Bertz CT molecular complexity index is 784. The first-order valence-electron chi connectivity index (χ1n) is 6.46. The van der Waals surface area contributed by atoms with Crippen LogP contribution in [-0.2, 0) is 9.84 Å². The van der Waals surface area contributed by atoms with E-state index in [4.69, 9.17) is 5.73 Å². The lowest BCUT2D eigenvalue weighted by molar-refractivity contribution is 0.597. The van der Waals surface area contributed by atoms with Crippen molar-refractivity contribution in [3.63, 3.8) is 0 Å². The standard InChI is InChI=1S/C15H16NO2PS/c1-10(2)19-12-7-3-4-8-13(12)20(17,18)14-9-5-6-11(16)15(14)19/h3-10H,16H2,1-2H3. The zero-order valence-corrected chi connectivity index (χ0v) is 13.1. The van der Waals surface area contributed by atoms with Crippen LogP contribution in [0.3, 0.4) is 0 Å². The Hall–Kier alpha value is -1.38. The Morgan fingerprint density at radius 1 is 1.00 bits per heavy atom. The molecule has 0 radical (unpaired) electrons. The van der Waals surface area contributed by atoms with Gasteiger partial charge in [0, 0.05) is 11.0 Å². The van der Waals surface area contributed by atoms with Crippen molar-refractivity contribution >= 4 is 34.1 Å². The Morgan fingerprint density at radius 2 is 1.65 bits per heavy atom. The molecule has 3 rings (SSSR count). The van der Waals surface area contributed by atoms with Crippen LogP contribution in [0.25, 0.3) is 0 Å². The minimum Gasteiger partial charge on any atom is -0.398 e. The lowest BCUT2D eigenvalue weighted by Gasteiger charge is -2.32. The van der Waals surface area contributed by atoms with Gasteiger partial charge < -0.3 is 5.73 Å². The summed E-state index contributed by atoms with van der Waals surface area (Å²) in [4.78, 5) is 0.828. The molecule has 1 aliphatic heterocycles. The molecule has 1 aliphatic rings. The molecule has 2 aromatic carbocycles. The van der Waals surface area contributed by atoms with Gasteiger partial charge in [0.05, 0.1) is 9.79 Å². The van der Waals surface area contributed by atoms with Gasteiger partial charge in [0.2, 0.25) is 9.84 Å². The molecule has 20 heavy (non-hydrogen) atoms. The number of benzene rings is 2. The summed E-state index contributed by atoms with van der Waals surface area (Å²) < 4.78 is 25.5. The van der Waals surface area contributed by atoms with Crippen LogP contribution in [0, 0.1) is 0 Å². The van der Waals surface area contributed by atoms with Crippen molar-refractivity contribution in [2.45, 2.75) is 29.3 Å². The van der Waals surface area contributed by atoms with E-state index < -0.39 is 17.8 Å². The molecule has 2 aromatic rings. The normalized spacial score (nSPS) is 19.4. The second kappa shape index (κ2) is 4.57. The fourth-order valence-corrected chi connectivity index (χ4v) is 7.99. The van der Waals surface area contributed by atoms with E-state index in [-0.39, 0.29) is 0 Å². The fraction of sp³-hybridized carbons (Fsp3) is 0.200. The van der Waals surface area contributed by atoms with Crippen LogP contribution < -0.4 is 16.3 Å². The van der Waals surface area contributed by atoms with E-state index in [1.54, 1.807) is 30.3 Å². The number of nitrogens with two attached hydrogens (primary N) is 1. The van der Waals surface area contributed by atoms with E-state index >= 15 is 0 Å². The molecule has 2 N–H and O–H groups in total. The number of sulfone groups is 1. The van der Waals surface area contributed by atoms with Gasteiger partial charge in [0.15, 0.2) is 0 Å². The highest BCUT2D eigenvalue weighted by Gasteiger charge is 2.37. The first-order valence-corrected chi connectivity index (χ1v) is 9.36. The molecule has 0 spiro atoms. The second-order valence-electron chi connectivity index (χ2n) is 5.13. The van der Waals surface area contributed by atoms with Crippen LogP contribution in [0.4, 0.5) is 5.69 Å². The molecule has 1 unspecified atom stereocenters. The van der Waals surface area contributed by atoms with Gasteiger partial charge in [-0.3, -0.25) is 0 Å². The molecular formula is C15H16NO2PS.